The van der Waals surface area contributed by atoms with E-state index in [1.54, 1.807) is 13.3 Å². The van der Waals surface area contributed by atoms with Crippen molar-refractivity contribution in [2.45, 2.75) is 57.9 Å². The van der Waals surface area contributed by atoms with Gasteiger partial charge in [-0.05, 0) is 38.3 Å². The Kier molecular flexibility index (Phi) is 6.42. The second kappa shape index (κ2) is 9.38. The molecule has 2 fully saturated rings. The molecule has 30 heavy (non-hydrogen) atoms. The number of methoxy groups -OCH3 is 1. The average molecular weight is 410 g/mol. The summed E-state index contributed by atoms with van der Waals surface area (Å²) >= 11 is 0. The molecule has 4 heterocycles. The van der Waals surface area contributed by atoms with Gasteiger partial charge in [0.15, 0.2) is 5.65 Å². The number of imidazole rings is 1. The first kappa shape index (κ1) is 20.5. The Hall–Kier alpha value is -2.74. The van der Waals surface area contributed by atoms with Crippen LogP contribution >= 0.6 is 0 Å². The van der Waals surface area contributed by atoms with Gasteiger partial charge in [-0.2, -0.15) is 5.10 Å². The lowest BCUT2D eigenvalue weighted by atomic mass is 9.82. The van der Waals surface area contributed by atoms with Crippen LogP contribution in [0.4, 0.5) is 5.95 Å². The molecular weight excluding hydrogens is 378 g/mol. The molecule has 5 rings (SSSR count). The normalized spacial score (nSPS) is 19.0. The van der Waals surface area contributed by atoms with Gasteiger partial charge in [0, 0.05) is 30.8 Å². The van der Waals surface area contributed by atoms with Crippen LogP contribution in [0.1, 0.15) is 57.6 Å². The Balaban J connectivity index is 0.00000106. The maximum Gasteiger partial charge on any atom is 0.223 e. The minimum atomic E-state index is 0.360. The number of fused-ring (bicyclic) bond motifs is 1. The van der Waals surface area contributed by atoms with E-state index >= 15 is 0 Å². The molecule has 8 nitrogen and oxygen atoms in total. The minimum Gasteiger partial charge on any atom is -0.495 e. The van der Waals surface area contributed by atoms with Gasteiger partial charge in [0.25, 0.3) is 0 Å². The van der Waals surface area contributed by atoms with Crippen molar-refractivity contribution in [3.05, 3.63) is 30.2 Å². The quantitative estimate of drug-likeness (QED) is 0.665. The van der Waals surface area contributed by atoms with Crippen molar-refractivity contribution < 1.29 is 4.74 Å². The summed E-state index contributed by atoms with van der Waals surface area (Å²) in [4.78, 5) is 13.7. The first-order valence-electron chi connectivity index (χ1n) is 11.0. The molecule has 0 amide bonds. The van der Waals surface area contributed by atoms with Crippen molar-refractivity contribution in [1.29, 1.82) is 0 Å². The van der Waals surface area contributed by atoms with Gasteiger partial charge in [0.1, 0.15) is 17.1 Å². The van der Waals surface area contributed by atoms with Crippen LogP contribution < -0.4 is 15.4 Å². The van der Waals surface area contributed by atoms with E-state index in [1.807, 2.05) is 36.7 Å². The number of hydrogen-bond donors (Lipinski definition) is 2. The van der Waals surface area contributed by atoms with Crippen LogP contribution in [0.3, 0.4) is 0 Å². The van der Waals surface area contributed by atoms with E-state index in [9.17, 15) is 0 Å². The number of aromatic nitrogens is 5. The fourth-order valence-corrected chi connectivity index (χ4v) is 3.94. The van der Waals surface area contributed by atoms with Crippen molar-refractivity contribution >= 4 is 11.6 Å². The van der Waals surface area contributed by atoms with Crippen LogP contribution in [0.25, 0.3) is 17.0 Å². The van der Waals surface area contributed by atoms with Gasteiger partial charge < -0.3 is 15.4 Å². The molecule has 1 atom stereocenters. The highest BCUT2D eigenvalue weighted by molar-refractivity contribution is 5.61. The Morgan fingerprint density at radius 2 is 2.03 bits per heavy atom. The fraction of sp³-hybridized carbons (Fsp3) is 0.545. The standard InChI is InChI=1S/C20H25N7O.C2H6/c1-28-17-10-18-23-12-16(27(18)26-19(17)13-4-2-5-13)15-7-9-22-20(25-15)24-14-6-3-8-21-11-14;1-2/h7,9-10,12-14,21H,2-6,8,11H2,1H3,(H,22,24,25);1-2H3. The number of nitrogens with one attached hydrogen (secondary N) is 2. The maximum absolute atomic E-state index is 5.57. The Labute approximate surface area is 177 Å². The molecule has 1 aliphatic heterocycles. The van der Waals surface area contributed by atoms with Gasteiger partial charge in [-0.25, -0.2) is 19.5 Å². The minimum absolute atomic E-state index is 0.360. The molecule has 8 heteroatoms. The van der Waals surface area contributed by atoms with E-state index in [1.165, 1.54) is 12.8 Å². The van der Waals surface area contributed by atoms with Gasteiger partial charge in [-0.15, -0.1) is 0 Å². The molecule has 0 radical (unpaired) electrons. The summed E-state index contributed by atoms with van der Waals surface area (Å²) in [6.07, 6.45) is 9.48. The second-order valence-corrected chi connectivity index (χ2v) is 7.59. The van der Waals surface area contributed by atoms with E-state index in [-0.39, 0.29) is 0 Å². The Bertz CT molecular complexity index is 977. The monoisotopic (exact) mass is 409 g/mol. The molecule has 3 aromatic rings. The molecule has 160 valence electrons. The average Bonchev–Trinajstić information content (AvgIpc) is 3.17. The van der Waals surface area contributed by atoms with E-state index in [2.05, 4.69) is 20.6 Å². The summed E-state index contributed by atoms with van der Waals surface area (Å²) in [5, 5.41) is 11.7. The molecule has 2 N–H and O–H groups in total. The highest BCUT2D eigenvalue weighted by Gasteiger charge is 2.26. The molecule has 0 spiro atoms. The fourth-order valence-electron chi connectivity index (χ4n) is 3.94. The van der Waals surface area contributed by atoms with Crippen LogP contribution in [-0.2, 0) is 0 Å². The third-order valence-electron chi connectivity index (χ3n) is 5.74. The number of rotatable bonds is 5. The second-order valence-electron chi connectivity index (χ2n) is 7.59. The topological polar surface area (TPSA) is 89.3 Å². The SMILES string of the molecule is CC.COc1cc2ncc(-c3ccnc(NC4CCCNC4)n3)n2nc1C1CCC1. The number of piperidine rings is 1. The predicted octanol–water partition coefficient (Wildman–Crippen LogP) is 3.65. The zero-order chi connectivity index (χ0) is 20.9. The van der Waals surface area contributed by atoms with E-state index in [4.69, 9.17) is 14.8 Å². The molecular formula is C22H31N7O. The van der Waals surface area contributed by atoms with Crippen molar-refractivity contribution in [2.75, 3.05) is 25.5 Å². The molecule has 1 saturated carbocycles. The lowest BCUT2D eigenvalue weighted by molar-refractivity contribution is 0.362. The molecule has 2 aliphatic rings. The largest absolute Gasteiger partial charge is 0.495 e. The van der Waals surface area contributed by atoms with Crippen LogP contribution in [0.2, 0.25) is 0 Å². The zero-order valence-electron chi connectivity index (χ0n) is 18.1. The van der Waals surface area contributed by atoms with Gasteiger partial charge >= 0.3 is 0 Å². The lowest BCUT2D eigenvalue weighted by Gasteiger charge is -2.26. The number of anilines is 1. The maximum atomic E-state index is 5.57. The van der Waals surface area contributed by atoms with Gasteiger partial charge in [0.05, 0.1) is 19.0 Å². The molecule has 1 unspecified atom stereocenters. The molecule has 0 bridgehead atoms. The highest BCUT2D eigenvalue weighted by atomic mass is 16.5. The third kappa shape index (κ3) is 4.09. The van der Waals surface area contributed by atoms with Crippen molar-refractivity contribution in [2.24, 2.45) is 0 Å². The Morgan fingerprint density at radius 3 is 2.73 bits per heavy atom. The zero-order valence-corrected chi connectivity index (χ0v) is 18.1. The third-order valence-corrected chi connectivity index (χ3v) is 5.74. The van der Waals surface area contributed by atoms with Crippen LogP contribution in [0, 0.1) is 0 Å². The summed E-state index contributed by atoms with van der Waals surface area (Å²) in [6, 6.07) is 4.24. The predicted molar refractivity (Wildman–Crippen MR) is 118 cm³/mol. The Morgan fingerprint density at radius 1 is 1.17 bits per heavy atom. The molecule has 1 aliphatic carbocycles. The molecule has 3 aromatic heterocycles. The lowest BCUT2D eigenvalue weighted by Crippen LogP contribution is -2.38. The summed E-state index contributed by atoms with van der Waals surface area (Å²) < 4.78 is 7.45. The summed E-state index contributed by atoms with van der Waals surface area (Å²) in [7, 11) is 1.70. The van der Waals surface area contributed by atoms with Crippen LogP contribution in [0.15, 0.2) is 24.5 Å². The summed E-state index contributed by atoms with van der Waals surface area (Å²) in [6.45, 7) is 6.02. The van der Waals surface area contributed by atoms with E-state index < -0.39 is 0 Å². The van der Waals surface area contributed by atoms with E-state index in [0.29, 0.717) is 17.9 Å². The van der Waals surface area contributed by atoms with Crippen molar-refractivity contribution in [3.8, 4) is 17.1 Å². The van der Waals surface area contributed by atoms with Crippen LogP contribution in [-0.4, -0.2) is 50.8 Å². The first-order chi connectivity index (χ1) is 14.8. The van der Waals surface area contributed by atoms with Crippen molar-refractivity contribution in [1.82, 2.24) is 29.9 Å². The first-order valence-corrected chi connectivity index (χ1v) is 11.0. The number of hydrogen-bond acceptors (Lipinski definition) is 7. The number of nitrogens with zero attached hydrogens (tertiary/aromatic N) is 5. The number of ether oxygens (including phenoxy) is 1. The summed E-state index contributed by atoms with van der Waals surface area (Å²) in [5.74, 6) is 1.94. The molecule has 0 aromatic carbocycles. The van der Waals surface area contributed by atoms with Crippen LogP contribution in [0.5, 0.6) is 5.75 Å². The van der Waals surface area contributed by atoms with Gasteiger partial charge in [-0.1, -0.05) is 20.3 Å². The van der Waals surface area contributed by atoms with E-state index in [0.717, 1.165) is 60.8 Å². The molecule has 1 saturated heterocycles. The van der Waals surface area contributed by atoms with Gasteiger partial charge in [-0.3, -0.25) is 0 Å². The smallest absolute Gasteiger partial charge is 0.223 e. The van der Waals surface area contributed by atoms with Crippen molar-refractivity contribution in [3.63, 3.8) is 0 Å². The summed E-state index contributed by atoms with van der Waals surface area (Å²) in [5.41, 5.74) is 3.46. The highest BCUT2D eigenvalue weighted by Crippen LogP contribution is 2.40. The van der Waals surface area contributed by atoms with Gasteiger partial charge in [0.2, 0.25) is 5.95 Å².